The van der Waals surface area contributed by atoms with Gasteiger partial charge in [0.15, 0.2) is 0 Å². The van der Waals surface area contributed by atoms with E-state index in [-0.39, 0.29) is 6.10 Å². The third-order valence-electron chi connectivity index (χ3n) is 5.22. The van der Waals surface area contributed by atoms with Crippen LogP contribution in [-0.2, 0) is 0 Å². The number of aliphatic hydroxyl groups excluding tert-OH is 1. The summed E-state index contributed by atoms with van der Waals surface area (Å²) in [5.41, 5.74) is 0.412. The molecule has 3 nitrogen and oxygen atoms in total. The van der Waals surface area contributed by atoms with Gasteiger partial charge in [-0.1, -0.05) is 13.8 Å². The molecule has 0 radical (unpaired) electrons. The van der Waals surface area contributed by atoms with Crippen LogP contribution in [0.4, 0.5) is 0 Å². The highest BCUT2D eigenvalue weighted by atomic mass is 16.3. The molecule has 1 aliphatic carbocycles. The average Bonchev–Trinajstić information content (AvgIpc) is 2.69. The van der Waals surface area contributed by atoms with Gasteiger partial charge in [-0.25, -0.2) is 0 Å². The van der Waals surface area contributed by atoms with E-state index < -0.39 is 0 Å². The van der Waals surface area contributed by atoms with Crippen molar-refractivity contribution in [3.05, 3.63) is 0 Å². The van der Waals surface area contributed by atoms with E-state index in [1.807, 2.05) is 0 Å². The van der Waals surface area contributed by atoms with Crippen LogP contribution in [0.3, 0.4) is 0 Å². The van der Waals surface area contributed by atoms with Crippen LogP contribution in [0, 0.1) is 11.3 Å². The Labute approximate surface area is 119 Å². The molecule has 3 heteroatoms. The van der Waals surface area contributed by atoms with E-state index in [1.54, 1.807) is 0 Å². The first-order chi connectivity index (χ1) is 8.87. The zero-order valence-corrected chi connectivity index (χ0v) is 13.2. The zero-order chi connectivity index (χ0) is 14.0. The van der Waals surface area contributed by atoms with Crippen LogP contribution in [0.25, 0.3) is 0 Å². The summed E-state index contributed by atoms with van der Waals surface area (Å²) in [6.07, 6.45) is 5.90. The maximum atomic E-state index is 10.2. The molecule has 0 spiro atoms. The third-order valence-corrected chi connectivity index (χ3v) is 5.22. The molecular weight excluding hydrogens is 236 g/mol. The fourth-order valence-electron chi connectivity index (χ4n) is 3.95. The Kier molecular flexibility index (Phi) is 4.91. The van der Waals surface area contributed by atoms with Gasteiger partial charge < -0.3 is 14.9 Å². The van der Waals surface area contributed by atoms with Gasteiger partial charge >= 0.3 is 0 Å². The standard InChI is InChI=1S/C16H32N2O/c1-16(2)8-7-15(19)13(10-16)11-17(3)12-14-6-5-9-18(14)4/h13-15,19H,5-12H2,1-4H3. The van der Waals surface area contributed by atoms with Gasteiger partial charge in [-0.3, -0.25) is 0 Å². The number of likely N-dealkylation sites (N-methyl/N-ethyl adjacent to an activating group) is 2. The third kappa shape index (κ3) is 4.17. The second kappa shape index (κ2) is 6.11. The van der Waals surface area contributed by atoms with E-state index in [0.717, 1.165) is 25.6 Å². The van der Waals surface area contributed by atoms with Crippen molar-refractivity contribution in [2.45, 2.75) is 58.1 Å². The molecule has 2 rings (SSSR count). The van der Waals surface area contributed by atoms with Gasteiger partial charge in [-0.2, -0.15) is 0 Å². The van der Waals surface area contributed by atoms with Gasteiger partial charge in [0.2, 0.25) is 0 Å². The highest BCUT2D eigenvalue weighted by molar-refractivity contribution is 4.87. The topological polar surface area (TPSA) is 26.7 Å². The van der Waals surface area contributed by atoms with Crippen molar-refractivity contribution in [3.63, 3.8) is 0 Å². The molecule has 2 aliphatic rings. The molecule has 0 bridgehead atoms. The quantitative estimate of drug-likeness (QED) is 0.847. The van der Waals surface area contributed by atoms with Crippen molar-refractivity contribution in [3.8, 4) is 0 Å². The Morgan fingerprint density at radius 2 is 2.00 bits per heavy atom. The number of likely N-dealkylation sites (tertiary alicyclic amines) is 1. The normalized spacial score (nSPS) is 36.0. The molecular formula is C16H32N2O. The van der Waals surface area contributed by atoms with Crippen LogP contribution in [0.5, 0.6) is 0 Å². The summed E-state index contributed by atoms with van der Waals surface area (Å²) in [7, 11) is 4.46. The number of rotatable bonds is 4. The van der Waals surface area contributed by atoms with Gasteiger partial charge in [-0.15, -0.1) is 0 Å². The molecule has 0 aromatic heterocycles. The van der Waals surface area contributed by atoms with Crippen molar-refractivity contribution in [2.24, 2.45) is 11.3 Å². The van der Waals surface area contributed by atoms with Crippen LogP contribution in [0.15, 0.2) is 0 Å². The fraction of sp³-hybridized carbons (Fsp3) is 1.00. The van der Waals surface area contributed by atoms with Crippen molar-refractivity contribution < 1.29 is 5.11 Å². The number of aliphatic hydroxyl groups is 1. The second-order valence-corrected chi connectivity index (χ2v) is 7.73. The number of nitrogens with zero attached hydrogens (tertiary/aromatic N) is 2. The largest absolute Gasteiger partial charge is 0.393 e. The number of hydrogen-bond acceptors (Lipinski definition) is 3. The van der Waals surface area contributed by atoms with Crippen LogP contribution < -0.4 is 0 Å². The van der Waals surface area contributed by atoms with E-state index in [2.05, 4.69) is 37.7 Å². The van der Waals surface area contributed by atoms with Crippen molar-refractivity contribution >= 4 is 0 Å². The zero-order valence-electron chi connectivity index (χ0n) is 13.2. The average molecular weight is 268 g/mol. The Morgan fingerprint density at radius 3 is 2.63 bits per heavy atom. The van der Waals surface area contributed by atoms with Crippen molar-refractivity contribution in [1.29, 1.82) is 0 Å². The van der Waals surface area contributed by atoms with Gasteiger partial charge in [0, 0.05) is 19.1 Å². The lowest BCUT2D eigenvalue weighted by molar-refractivity contribution is 0.00554. The summed E-state index contributed by atoms with van der Waals surface area (Å²) < 4.78 is 0. The Bertz CT molecular complexity index is 292. The Morgan fingerprint density at radius 1 is 1.26 bits per heavy atom. The molecule has 1 aliphatic heterocycles. The molecule has 19 heavy (non-hydrogen) atoms. The minimum Gasteiger partial charge on any atom is -0.393 e. The predicted molar refractivity (Wildman–Crippen MR) is 80.3 cm³/mol. The van der Waals surface area contributed by atoms with Crippen LogP contribution in [-0.4, -0.2) is 60.8 Å². The minimum absolute atomic E-state index is 0.0863. The highest BCUT2D eigenvalue weighted by Crippen LogP contribution is 2.39. The number of hydrogen-bond donors (Lipinski definition) is 1. The second-order valence-electron chi connectivity index (χ2n) is 7.73. The molecule has 1 saturated heterocycles. The summed E-state index contributed by atoms with van der Waals surface area (Å²) in [5.74, 6) is 0.459. The first-order valence-electron chi connectivity index (χ1n) is 7.94. The minimum atomic E-state index is -0.0863. The fourth-order valence-corrected chi connectivity index (χ4v) is 3.95. The molecule has 112 valence electrons. The van der Waals surface area contributed by atoms with Gasteiger partial charge in [-0.05, 0) is 64.1 Å². The first kappa shape index (κ1) is 15.3. The van der Waals surface area contributed by atoms with Crippen LogP contribution >= 0.6 is 0 Å². The molecule has 2 fully saturated rings. The molecule has 0 aromatic rings. The molecule has 1 N–H and O–H groups in total. The smallest absolute Gasteiger partial charge is 0.0581 e. The van der Waals surface area contributed by atoms with E-state index in [4.69, 9.17) is 0 Å². The van der Waals surface area contributed by atoms with Crippen LogP contribution in [0.1, 0.15) is 46.0 Å². The summed E-state index contributed by atoms with van der Waals surface area (Å²) in [5, 5.41) is 10.2. The predicted octanol–water partition coefficient (Wildman–Crippen LogP) is 2.20. The van der Waals surface area contributed by atoms with E-state index in [9.17, 15) is 5.11 Å². The summed E-state index contributed by atoms with van der Waals surface area (Å²) >= 11 is 0. The van der Waals surface area contributed by atoms with Gasteiger partial charge in [0.05, 0.1) is 6.10 Å². The highest BCUT2D eigenvalue weighted by Gasteiger charge is 2.34. The Hall–Kier alpha value is -0.120. The molecule has 3 atom stereocenters. The lowest BCUT2D eigenvalue weighted by Crippen LogP contribution is -2.43. The molecule has 0 aromatic carbocycles. The molecule has 1 saturated carbocycles. The summed E-state index contributed by atoms with van der Waals surface area (Å²) in [6, 6.07) is 0.721. The molecule has 0 amide bonds. The van der Waals surface area contributed by atoms with Gasteiger partial charge in [0.25, 0.3) is 0 Å². The lowest BCUT2D eigenvalue weighted by atomic mass is 9.71. The Balaban J connectivity index is 1.82. The van der Waals surface area contributed by atoms with Crippen molar-refractivity contribution in [1.82, 2.24) is 9.80 Å². The van der Waals surface area contributed by atoms with E-state index in [1.165, 1.54) is 32.2 Å². The monoisotopic (exact) mass is 268 g/mol. The maximum Gasteiger partial charge on any atom is 0.0581 e. The van der Waals surface area contributed by atoms with E-state index >= 15 is 0 Å². The maximum absolute atomic E-state index is 10.2. The summed E-state index contributed by atoms with van der Waals surface area (Å²) in [4.78, 5) is 4.93. The molecule has 3 unspecified atom stereocenters. The van der Waals surface area contributed by atoms with Crippen LogP contribution in [0.2, 0.25) is 0 Å². The SMILES string of the molecule is CN(CC1CC(C)(C)CCC1O)CC1CCCN1C. The summed E-state index contributed by atoms with van der Waals surface area (Å²) in [6.45, 7) is 8.14. The first-order valence-corrected chi connectivity index (χ1v) is 7.94. The molecule has 1 heterocycles. The lowest BCUT2D eigenvalue weighted by Gasteiger charge is -2.40. The van der Waals surface area contributed by atoms with E-state index in [0.29, 0.717) is 11.3 Å². The van der Waals surface area contributed by atoms with Gasteiger partial charge in [0.1, 0.15) is 0 Å². The van der Waals surface area contributed by atoms with Crippen molar-refractivity contribution in [2.75, 3.05) is 33.7 Å².